The number of fused-ring (bicyclic) bond motifs is 1. The van der Waals surface area contributed by atoms with Gasteiger partial charge in [0.1, 0.15) is 5.52 Å². The molecule has 1 unspecified atom stereocenters. The Morgan fingerprint density at radius 2 is 2.13 bits per heavy atom. The number of hydrogen-bond donors (Lipinski definition) is 1. The average molecular weight is 317 g/mol. The zero-order chi connectivity index (χ0) is 16.4. The van der Waals surface area contributed by atoms with Gasteiger partial charge in [0.2, 0.25) is 0 Å². The number of pyridine rings is 1. The first kappa shape index (κ1) is 15.9. The van der Waals surface area contributed by atoms with Crippen molar-refractivity contribution in [2.24, 2.45) is 7.05 Å². The van der Waals surface area contributed by atoms with E-state index in [0.717, 1.165) is 31.7 Å². The molecular weight excluding hydrogens is 294 g/mol. The highest BCUT2D eigenvalue weighted by Gasteiger charge is 2.24. The van der Waals surface area contributed by atoms with Crippen LogP contribution in [0.2, 0.25) is 0 Å². The molecule has 124 valence electrons. The Bertz CT molecular complexity index is 699. The number of carbonyl (C=O) groups is 1. The van der Waals surface area contributed by atoms with Crippen molar-refractivity contribution < 1.29 is 9.90 Å². The molecule has 0 radical (unpaired) electrons. The highest BCUT2D eigenvalue weighted by atomic mass is 16.3. The van der Waals surface area contributed by atoms with Gasteiger partial charge in [-0.05, 0) is 19.4 Å². The number of aryl methyl sites for hydroxylation is 1. The number of hydrogen-bond acceptors (Lipinski definition) is 5. The van der Waals surface area contributed by atoms with Gasteiger partial charge in [0, 0.05) is 45.5 Å². The molecule has 0 aliphatic carbocycles. The van der Waals surface area contributed by atoms with Crippen LogP contribution in [0.4, 0.5) is 0 Å². The van der Waals surface area contributed by atoms with Gasteiger partial charge in [-0.15, -0.1) is 0 Å². The Morgan fingerprint density at radius 3 is 2.91 bits per heavy atom. The van der Waals surface area contributed by atoms with Crippen LogP contribution >= 0.6 is 0 Å². The molecule has 2 aromatic rings. The lowest BCUT2D eigenvalue weighted by Gasteiger charge is -2.26. The van der Waals surface area contributed by atoms with E-state index >= 15 is 0 Å². The fourth-order valence-electron chi connectivity index (χ4n) is 3.07. The van der Waals surface area contributed by atoms with E-state index in [1.54, 1.807) is 18.6 Å². The van der Waals surface area contributed by atoms with Crippen LogP contribution in [0.15, 0.2) is 18.6 Å². The van der Waals surface area contributed by atoms with E-state index in [4.69, 9.17) is 0 Å². The summed E-state index contributed by atoms with van der Waals surface area (Å²) >= 11 is 0. The van der Waals surface area contributed by atoms with Gasteiger partial charge in [-0.25, -0.2) is 9.97 Å². The van der Waals surface area contributed by atoms with E-state index in [0.29, 0.717) is 17.6 Å². The van der Waals surface area contributed by atoms with Crippen molar-refractivity contribution in [3.63, 3.8) is 0 Å². The summed E-state index contributed by atoms with van der Waals surface area (Å²) in [6.45, 7) is 5.24. The summed E-state index contributed by atoms with van der Waals surface area (Å²) in [5, 5.41) is 9.31. The van der Waals surface area contributed by atoms with E-state index in [9.17, 15) is 9.90 Å². The van der Waals surface area contributed by atoms with Crippen molar-refractivity contribution in [2.45, 2.75) is 19.4 Å². The largest absolute Gasteiger partial charge is 0.395 e. The molecule has 1 amide bonds. The van der Waals surface area contributed by atoms with Gasteiger partial charge < -0.3 is 14.6 Å². The highest BCUT2D eigenvalue weighted by Crippen LogP contribution is 2.17. The number of aliphatic hydroxyl groups excluding tert-OH is 1. The highest BCUT2D eigenvalue weighted by molar-refractivity contribution is 6.04. The number of aromatic nitrogens is 3. The third kappa shape index (κ3) is 3.07. The third-order valence-corrected chi connectivity index (χ3v) is 4.53. The van der Waals surface area contributed by atoms with Gasteiger partial charge in [0.25, 0.3) is 5.91 Å². The van der Waals surface area contributed by atoms with Gasteiger partial charge in [0.05, 0.1) is 18.5 Å². The predicted octanol–water partition coefficient (Wildman–Crippen LogP) is 0.497. The minimum Gasteiger partial charge on any atom is -0.395 e. The molecule has 1 aliphatic rings. The number of aliphatic hydroxyl groups is 1. The minimum absolute atomic E-state index is 0.00889. The van der Waals surface area contributed by atoms with Crippen molar-refractivity contribution in [3.8, 4) is 0 Å². The quantitative estimate of drug-likeness (QED) is 0.892. The topological polar surface area (TPSA) is 74.5 Å². The Labute approximate surface area is 135 Å². The molecular formula is C16H23N5O2. The summed E-state index contributed by atoms with van der Waals surface area (Å²) in [6, 6.07) is 1.88. The van der Waals surface area contributed by atoms with Crippen LogP contribution < -0.4 is 0 Å². The van der Waals surface area contributed by atoms with E-state index in [1.807, 2.05) is 23.4 Å². The molecule has 0 saturated carbocycles. The van der Waals surface area contributed by atoms with Gasteiger partial charge >= 0.3 is 0 Å². The number of nitrogens with zero attached hydrogens (tertiary/aromatic N) is 5. The smallest absolute Gasteiger partial charge is 0.256 e. The van der Waals surface area contributed by atoms with Crippen LogP contribution in [0.25, 0.3) is 11.2 Å². The summed E-state index contributed by atoms with van der Waals surface area (Å²) < 4.78 is 1.82. The molecule has 1 saturated heterocycles. The molecule has 7 heteroatoms. The van der Waals surface area contributed by atoms with E-state index in [-0.39, 0.29) is 18.6 Å². The van der Waals surface area contributed by atoms with Gasteiger partial charge in [-0.2, -0.15) is 0 Å². The van der Waals surface area contributed by atoms with Gasteiger partial charge in [0.15, 0.2) is 5.65 Å². The van der Waals surface area contributed by atoms with Crippen LogP contribution in [0.5, 0.6) is 0 Å². The molecule has 1 atom stereocenters. The molecule has 0 bridgehead atoms. The Kier molecular flexibility index (Phi) is 4.58. The minimum atomic E-state index is 0.00889. The summed E-state index contributed by atoms with van der Waals surface area (Å²) in [5.41, 5.74) is 1.99. The second-order valence-electron chi connectivity index (χ2n) is 6.10. The normalized spacial score (nSPS) is 18.1. The molecule has 3 heterocycles. The number of carbonyl (C=O) groups excluding carboxylic acids is 1. The second kappa shape index (κ2) is 6.64. The maximum atomic E-state index is 12.9. The molecule has 1 N–H and O–H groups in total. The number of imidazole rings is 1. The maximum absolute atomic E-state index is 12.9. The molecule has 2 aromatic heterocycles. The third-order valence-electron chi connectivity index (χ3n) is 4.53. The standard InChI is InChI=1S/C16H23N5O2/c1-12(10-22)20-6-3-7-21(9-8-20)16(23)13-4-5-17-15-14(13)18-11-19(15)2/h4-5,11-12,22H,3,6-10H2,1-2H3. The van der Waals surface area contributed by atoms with Crippen LogP contribution in [0, 0.1) is 0 Å². The van der Waals surface area contributed by atoms with E-state index < -0.39 is 0 Å². The second-order valence-corrected chi connectivity index (χ2v) is 6.10. The van der Waals surface area contributed by atoms with Crippen LogP contribution in [0.1, 0.15) is 23.7 Å². The Hall–Kier alpha value is -1.99. The first-order valence-corrected chi connectivity index (χ1v) is 8.02. The average Bonchev–Trinajstić information content (AvgIpc) is 2.81. The van der Waals surface area contributed by atoms with Gasteiger partial charge in [-0.3, -0.25) is 9.69 Å². The van der Waals surface area contributed by atoms with Crippen molar-refractivity contribution in [1.82, 2.24) is 24.3 Å². The predicted molar refractivity (Wildman–Crippen MR) is 87.2 cm³/mol. The first-order chi connectivity index (χ1) is 11.1. The van der Waals surface area contributed by atoms with E-state index in [2.05, 4.69) is 14.9 Å². The monoisotopic (exact) mass is 317 g/mol. The Balaban J connectivity index is 1.80. The molecule has 0 aromatic carbocycles. The summed E-state index contributed by atoms with van der Waals surface area (Å²) in [5.74, 6) is 0.00889. The maximum Gasteiger partial charge on any atom is 0.256 e. The lowest BCUT2D eigenvalue weighted by Crippen LogP contribution is -2.39. The van der Waals surface area contributed by atoms with Crippen LogP contribution in [-0.2, 0) is 7.05 Å². The fourth-order valence-corrected chi connectivity index (χ4v) is 3.07. The SMILES string of the molecule is CC(CO)N1CCCN(C(=O)c2ccnc3c2ncn3C)CC1. The van der Waals surface area contributed by atoms with Crippen molar-refractivity contribution >= 4 is 17.1 Å². The van der Waals surface area contributed by atoms with E-state index in [1.165, 1.54) is 0 Å². The van der Waals surface area contributed by atoms with Crippen molar-refractivity contribution in [1.29, 1.82) is 0 Å². The molecule has 1 fully saturated rings. The summed E-state index contributed by atoms with van der Waals surface area (Å²) in [6.07, 6.45) is 4.25. The Morgan fingerprint density at radius 1 is 1.30 bits per heavy atom. The van der Waals surface area contributed by atoms with Gasteiger partial charge in [-0.1, -0.05) is 0 Å². The first-order valence-electron chi connectivity index (χ1n) is 8.02. The van der Waals surface area contributed by atoms with Crippen LogP contribution in [0.3, 0.4) is 0 Å². The molecule has 3 rings (SSSR count). The molecule has 7 nitrogen and oxygen atoms in total. The number of rotatable bonds is 3. The molecule has 1 aliphatic heterocycles. The fraction of sp³-hybridized carbons (Fsp3) is 0.562. The summed E-state index contributed by atoms with van der Waals surface area (Å²) in [4.78, 5) is 25.6. The lowest BCUT2D eigenvalue weighted by molar-refractivity contribution is 0.0756. The van der Waals surface area contributed by atoms with Crippen molar-refractivity contribution in [2.75, 3.05) is 32.8 Å². The van der Waals surface area contributed by atoms with Crippen molar-refractivity contribution in [3.05, 3.63) is 24.2 Å². The lowest BCUT2D eigenvalue weighted by atomic mass is 10.2. The number of amides is 1. The zero-order valence-corrected chi connectivity index (χ0v) is 13.6. The molecule has 23 heavy (non-hydrogen) atoms. The van der Waals surface area contributed by atoms with Crippen LogP contribution in [-0.4, -0.2) is 74.2 Å². The zero-order valence-electron chi connectivity index (χ0n) is 13.6. The summed E-state index contributed by atoms with van der Waals surface area (Å²) in [7, 11) is 1.87. The molecule has 0 spiro atoms.